The second-order valence-corrected chi connectivity index (χ2v) is 8.86. The summed E-state index contributed by atoms with van der Waals surface area (Å²) in [5.41, 5.74) is 0.997. The van der Waals surface area contributed by atoms with Crippen LogP contribution in [0.15, 0.2) is 29.4 Å². The number of hydrogen-bond donors (Lipinski definition) is 0. The van der Waals surface area contributed by atoms with E-state index >= 15 is 0 Å². The highest BCUT2D eigenvalue weighted by Crippen LogP contribution is 2.27. The molecule has 0 saturated carbocycles. The Labute approximate surface area is 171 Å². The molecule has 2 aromatic rings. The van der Waals surface area contributed by atoms with E-state index in [1.54, 1.807) is 7.11 Å². The van der Waals surface area contributed by atoms with E-state index in [4.69, 9.17) is 4.74 Å². The van der Waals surface area contributed by atoms with Crippen LogP contribution >= 0.6 is 11.8 Å². The Morgan fingerprint density at radius 1 is 1.29 bits per heavy atom. The van der Waals surface area contributed by atoms with E-state index in [0.29, 0.717) is 17.6 Å². The van der Waals surface area contributed by atoms with Gasteiger partial charge in [-0.25, -0.2) is 0 Å². The molecule has 6 nitrogen and oxygen atoms in total. The molecular formula is C21H30N4O2S. The third-order valence-electron chi connectivity index (χ3n) is 4.95. The highest BCUT2D eigenvalue weighted by Gasteiger charge is 2.22. The van der Waals surface area contributed by atoms with E-state index in [-0.39, 0.29) is 5.91 Å². The van der Waals surface area contributed by atoms with Gasteiger partial charge in [-0.3, -0.25) is 4.79 Å². The molecule has 0 radical (unpaired) electrons. The fraction of sp³-hybridized carbons (Fsp3) is 0.571. The van der Waals surface area contributed by atoms with E-state index in [9.17, 15) is 4.79 Å². The lowest BCUT2D eigenvalue weighted by Crippen LogP contribution is -2.40. The van der Waals surface area contributed by atoms with Crippen molar-refractivity contribution < 1.29 is 9.53 Å². The summed E-state index contributed by atoms with van der Waals surface area (Å²) in [6.45, 7) is 9.12. The summed E-state index contributed by atoms with van der Waals surface area (Å²) in [5, 5.41) is 9.62. The number of nitrogens with zero attached hydrogens (tertiary/aromatic N) is 4. The van der Waals surface area contributed by atoms with Crippen LogP contribution in [0.2, 0.25) is 0 Å². The van der Waals surface area contributed by atoms with Gasteiger partial charge in [0.1, 0.15) is 5.75 Å². The SMILES string of the molecule is COc1ccc(-c2nnc(SCC(=O)N3CCC[C@@H](C)C3)n2CC(C)C)cc1. The second kappa shape index (κ2) is 9.45. The Hall–Kier alpha value is -2.02. The largest absolute Gasteiger partial charge is 0.497 e. The van der Waals surface area contributed by atoms with E-state index in [1.165, 1.54) is 18.2 Å². The number of methoxy groups -OCH3 is 1. The molecule has 1 amide bonds. The summed E-state index contributed by atoms with van der Waals surface area (Å²) in [6, 6.07) is 7.85. The molecule has 1 atom stereocenters. The van der Waals surface area contributed by atoms with Crippen molar-refractivity contribution in [3.05, 3.63) is 24.3 Å². The van der Waals surface area contributed by atoms with E-state index in [1.807, 2.05) is 29.2 Å². The Morgan fingerprint density at radius 2 is 2.04 bits per heavy atom. The lowest BCUT2D eigenvalue weighted by molar-refractivity contribution is -0.130. The minimum absolute atomic E-state index is 0.196. The molecule has 7 heteroatoms. The molecule has 0 spiro atoms. The van der Waals surface area contributed by atoms with Crippen LogP contribution in [-0.4, -0.2) is 51.5 Å². The zero-order valence-corrected chi connectivity index (χ0v) is 18.0. The molecular weight excluding hydrogens is 372 g/mol. The fourth-order valence-electron chi connectivity index (χ4n) is 3.51. The summed E-state index contributed by atoms with van der Waals surface area (Å²) in [5.74, 6) is 3.29. The van der Waals surface area contributed by atoms with Gasteiger partial charge in [0.25, 0.3) is 0 Å². The van der Waals surface area contributed by atoms with Crippen molar-refractivity contribution in [2.45, 2.75) is 45.3 Å². The van der Waals surface area contributed by atoms with Crippen molar-refractivity contribution in [2.24, 2.45) is 11.8 Å². The molecule has 0 aliphatic carbocycles. The van der Waals surface area contributed by atoms with Crippen LogP contribution in [0, 0.1) is 11.8 Å². The number of likely N-dealkylation sites (tertiary alicyclic amines) is 1. The number of ether oxygens (including phenoxy) is 1. The molecule has 152 valence electrons. The molecule has 1 fully saturated rings. The van der Waals surface area contributed by atoms with Gasteiger partial charge >= 0.3 is 0 Å². The molecule has 2 heterocycles. The van der Waals surface area contributed by atoms with Gasteiger partial charge < -0.3 is 14.2 Å². The topological polar surface area (TPSA) is 60.3 Å². The van der Waals surface area contributed by atoms with E-state index < -0.39 is 0 Å². The number of rotatable bonds is 7. The summed E-state index contributed by atoms with van der Waals surface area (Å²) in [4.78, 5) is 14.6. The normalized spacial score (nSPS) is 17.2. The van der Waals surface area contributed by atoms with Crippen molar-refractivity contribution in [3.63, 3.8) is 0 Å². The first-order valence-electron chi connectivity index (χ1n) is 9.96. The van der Waals surface area contributed by atoms with Gasteiger partial charge in [0, 0.05) is 25.2 Å². The van der Waals surface area contributed by atoms with Crippen LogP contribution in [0.4, 0.5) is 0 Å². The second-order valence-electron chi connectivity index (χ2n) is 7.91. The van der Waals surface area contributed by atoms with Gasteiger partial charge in [-0.05, 0) is 48.9 Å². The number of benzene rings is 1. The van der Waals surface area contributed by atoms with Gasteiger partial charge in [-0.1, -0.05) is 32.5 Å². The maximum atomic E-state index is 12.6. The molecule has 1 aromatic heterocycles. The molecule has 1 aromatic carbocycles. The number of piperidine rings is 1. The molecule has 0 N–H and O–H groups in total. The van der Waals surface area contributed by atoms with Gasteiger partial charge in [-0.2, -0.15) is 0 Å². The van der Waals surface area contributed by atoms with Crippen LogP contribution < -0.4 is 4.74 Å². The third-order valence-corrected chi connectivity index (χ3v) is 5.90. The van der Waals surface area contributed by atoms with Crippen molar-refractivity contribution in [1.82, 2.24) is 19.7 Å². The molecule has 1 aliphatic heterocycles. The Balaban J connectivity index is 1.75. The first-order valence-corrected chi connectivity index (χ1v) is 10.9. The smallest absolute Gasteiger partial charge is 0.233 e. The zero-order valence-electron chi connectivity index (χ0n) is 17.2. The number of thioether (sulfide) groups is 1. The lowest BCUT2D eigenvalue weighted by atomic mass is 10.0. The summed E-state index contributed by atoms with van der Waals surface area (Å²) < 4.78 is 7.37. The fourth-order valence-corrected chi connectivity index (χ4v) is 4.36. The Morgan fingerprint density at radius 3 is 2.68 bits per heavy atom. The number of aromatic nitrogens is 3. The number of carbonyl (C=O) groups is 1. The first-order chi connectivity index (χ1) is 13.5. The quantitative estimate of drug-likeness (QED) is 0.656. The monoisotopic (exact) mass is 402 g/mol. The summed E-state index contributed by atoms with van der Waals surface area (Å²) in [7, 11) is 1.66. The molecule has 0 bridgehead atoms. The summed E-state index contributed by atoms with van der Waals surface area (Å²) >= 11 is 1.49. The maximum absolute atomic E-state index is 12.6. The average molecular weight is 403 g/mol. The summed E-state index contributed by atoms with van der Waals surface area (Å²) in [6.07, 6.45) is 2.31. The van der Waals surface area contributed by atoms with Gasteiger partial charge in [0.2, 0.25) is 5.91 Å². The highest BCUT2D eigenvalue weighted by atomic mass is 32.2. The highest BCUT2D eigenvalue weighted by molar-refractivity contribution is 7.99. The number of amides is 1. The Kier molecular flexibility index (Phi) is 6.99. The minimum atomic E-state index is 0.196. The predicted octanol–water partition coefficient (Wildman–Crippen LogP) is 3.96. The average Bonchev–Trinajstić information content (AvgIpc) is 3.08. The van der Waals surface area contributed by atoms with Crippen LogP contribution in [0.25, 0.3) is 11.4 Å². The van der Waals surface area contributed by atoms with Gasteiger partial charge in [-0.15, -0.1) is 10.2 Å². The van der Waals surface area contributed by atoms with Crippen LogP contribution in [-0.2, 0) is 11.3 Å². The predicted molar refractivity (Wildman–Crippen MR) is 113 cm³/mol. The van der Waals surface area contributed by atoms with Gasteiger partial charge in [0.15, 0.2) is 11.0 Å². The van der Waals surface area contributed by atoms with Crippen LogP contribution in [0.5, 0.6) is 5.75 Å². The molecule has 1 aliphatic rings. The zero-order chi connectivity index (χ0) is 20.1. The maximum Gasteiger partial charge on any atom is 0.233 e. The minimum Gasteiger partial charge on any atom is -0.497 e. The number of carbonyl (C=O) groups excluding carboxylic acids is 1. The van der Waals surface area contributed by atoms with E-state index in [2.05, 4.69) is 35.5 Å². The number of hydrogen-bond acceptors (Lipinski definition) is 5. The molecule has 1 saturated heterocycles. The molecule has 28 heavy (non-hydrogen) atoms. The van der Waals surface area contributed by atoms with E-state index in [0.717, 1.165) is 48.3 Å². The molecule has 3 rings (SSSR count). The van der Waals surface area contributed by atoms with Crippen molar-refractivity contribution in [1.29, 1.82) is 0 Å². The third kappa shape index (κ3) is 5.07. The van der Waals surface area contributed by atoms with Crippen molar-refractivity contribution in [3.8, 4) is 17.1 Å². The standard InChI is InChI=1S/C21H30N4O2S/c1-15(2)12-25-20(17-7-9-18(27-4)10-8-17)22-23-21(25)28-14-19(26)24-11-5-6-16(3)13-24/h7-10,15-16H,5-6,11-14H2,1-4H3/t16-/m1/s1. The van der Waals surface area contributed by atoms with Crippen molar-refractivity contribution >= 4 is 17.7 Å². The molecule has 0 unspecified atom stereocenters. The lowest BCUT2D eigenvalue weighted by Gasteiger charge is -2.30. The van der Waals surface area contributed by atoms with Crippen molar-refractivity contribution in [2.75, 3.05) is 26.0 Å². The Bertz CT molecular complexity index is 788. The first kappa shape index (κ1) is 20.7. The van der Waals surface area contributed by atoms with Crippen LogP contribution in [0.1, 0.15) is 33.6 Å². The van der Waals surface area contributed by atoms with Gasteiger partial charge in [0.05, 0.1) is 12.9 Å². The van der Waals surface area contributed by atoms with Crippen LogP contribution in [0.3, 0.4) is 0 Å².